The molecule has 3 rings (SSSR count). The first kappa shape index (κ1) is 12.9. The van der Waals surface area contributed by atoms with Crippen LogP contribution in [0.15, 0.2) is 29.4 Å². The average molecular weight is 300 g/mol. The molecule has 0 unspecified atom stereocenters. The van der Waals surface area contributed by atoms with Gasteiger partial charge in [0.25, 0.3) is 10.0 Å². The van der Waals surface area contributed by atoms with Crippen LogP contribution in [0.4, 0.5) is 0 Å². The second-order valence-electron chi connectivity index (χ2n) is 4.77. The van der Waals surface area contributed by atoms with Gasteiger partial charge in [-0.3, -0.25) is 4.40 Å². The van der Waals surface area contributed by atoms with Gasteiger partial charge in [-0.2, -0.15) is 0 Å². The molecule has 0 saturated heterocycles. The van der Waals surface area contributed by atoms with Crippen LogP contribution in [0.5, 0.6) is 0 Å². The summed E-state index contributed by atoms with van der Waals surface area (Å²) in [6.07, 6.45) is 4.94. The Morgan fingerprint density at radius 3 is 2.95 bits per heavy atom. The maximum atomic E-state index is 12.3. The lowest BCUT2D eigenvalue weighted by atomic mass is 10.3. The van der Waals surface area contributed by atoms with Gasteiger partial charge in [0.2, 0.25) is 0 Å². The number of pyridine rings is 1. The fourth-order valence-corrected chi connectivity index (χ4v) is 3.74. The van der Waals surface area contributed by atoms with Gasteiger partial charge in [0, 0.05) is 12.7 Å². The Balaban J connectivity index is 1.90. The number of rotatable bonds is 5. The standard InChI is InChI=1S/C12H14ClN3O2S/c13-11-12(16-8-2-1-3-10(16)15-11)19(17,18)14-7-6-9-4-5-9/h1-3,8-9,14H,4-7H2. The second kappa shape index (κ2) is 4.77. The molecule has 0 radical (unpaired) electrons. The Morgan fingerprint density at radius 2 is 2.21 bits per heavy atom. The van der Waals surface area contributed by atoms with Crippen molar-refractivity contribution in [2.24, 2.45) is 5.92 Å². The number of sulfonamides is 1. The fourth-order valence-electron chi connectivity index (χ4n) is 2.06. The summed E-state index contributed by atoms with van der Waals surface area (Å²) in [7, 11) is -3.62. The summed E-state index contributed by atoms with van der Waals surface area (Å²) in [5.74, 6) is 0.681. The molecular formula is C12H14ClN3O2S. The number of hydrogen-bond acceptors (Lipinski definition) is 3. The summed E-state index contributed by atoms with van der Waals surface area (Å²) in [6.45, 7) is 0.448. The van der Waals surface area contributed by atoms with E-state index in [1.54, 1.807) is 24.4 Å². The first-order chi connectivity index (χ1) is 9.08. The fraction of sp³-hybridized carbons (Fsp3) is 0.417. The zero-order valence-corrected chi connectivity index (χ0v) is 11.8. The van der Waals surface area contributed by atoms with Crippen molar-refractivity contribution < 1.29 is 8.42 Å². The summed E-state index contributed by atoms with van der Waals surface area (Å²) < 4.78 is 28.6. The minimum absolute atomic E-state index is 0.00474. The minimum Gasteiger partial charge on any atom is -0.288 e. The molecular weight excluding hydrogens is 286 g/mol. The van der Waals surface area contributed by atoms with Crippen molar-refractivity contribution in [2.45, 2.75) is 24.3 Å². The van der Waals surface area contributed by atoms with E-state index in [2.05, 4.69) is 9.71 Å². The zero-order chi connectivity index (χ0) is 13.5. The molecule has 2 aromatic heterocycles. The number of aromatic nitrogens is 2. The number of fused-ring (bicyclic) bond motifs is 1. The Hall–Kier alpha value is -1.11. The molecule has 2 aromatic rings. The van der Waals surface area contributed by atoms with Gasteiger partial charge in [-0.25, -0.2) is 18.1 Å². The highest BCUT2D eigenvalue weighted by Gasteiger charge is 2.26. The summed E-state index contributed by atoms with van der Waals surface area (Å²) >= 11 is 5.95. The monoisotopic (exact) mass is 299 g/mol. The van der Waals surface area contributed by atoms with E-state index in [9.17, 15) is 8.42 Å². The number of nitrogens with one attached hydrogen (secondary N) is 1. The molecule has 0 spiro atoms. The summed E-state index contributed by atoms with van der Waals surface area (Å²) in [4.78, 5) is 4.04. The maximum absolute atomic E-state index is 12.3. The van der Waals surface area contributed by atoms with Crippen LogP contribution in [0.1, 0.15) is 19.3 Å². The van der Waals surface area contributed by atoms with Gasteiger partial charge in [-0.1, -0.05) is 30.5 Å². The number of nitrogens with zero attached hydrogens (tertiary/aromatic N) is 2. The van der Waals surface area contributed by atoms with Crippen LogP contribution in [0.2, 0.25) is 5.15 Å². The van der Waals surface area contributed by atoms with Gasteiger partial charge in [0.15, 0.2) is 10.2 Å². The quantitative estimate of drug-likeness (QED) is 0.919. The van der Waals surface area contributed by atoms with Gasteiger partial charge in [-0.05, 0) is 24.5 Å². The molecule has 1 saturated carbocycles. The molecule has 5 nitrogen and oxygen atoms in total. The predicted octanol–water partition coefficient (Wildman–Crippen LogP) is 2.07. The lowest BCUT2D eigenvalue weighted by Gasteiger charge is -2.06. The number of imidazole rings is 1. The number of hydrogen-bond donors (Lipinski definition) is 1. The van der Waals surface area contributed by atoms with Crippen molar-refractivity contribution in [3.63, 3.8) is 0 Å². The largest absolute Gasteiger partial charge is 0.288 e. The molecule has 1 N–H and O–H groups in total. The third-order valence-electron chi connectivity index (χ3n) is 3.24. The highest BCUT2D eigenvalue weighted by atomic mass is 35.5. The second-order valence-corrected chi connectivity index (χ2v) is 6.81. The van der Waals surface area contributed by atoms with Crippen LogP contribution in [-0.4, -0.2) is 24.3 Å². The average Bonchev–Trinajstić information content (AvgIpc) is 3.09. The van der Waals surface area contributed by atoms with Crippen molar-refractivity contribution in [1.82, 2.24) is 14.1 Å². The van der Waals surface area contributed by atoms with E-state index in [1.807, 2.05) is 0 Å². The zero-order valence-electron chi connectivity index (χ0n) is 10.2. The first-order valence-electron chi connectivity index (χ1n) is 6.20. The normalized spacial score (nSPS) is 16.1. The van der Waals surface area contributed by atoms with E-state index in [0.29, 0.717) is 18.1 Å². The topological polar surface area (TPSA) is 63.5 Å². The molecule has 1 aliphatic carbocycles. The highest BCUT2D eigenvalue weighted by Crippen LogP contribution is 2.32. The van der Waals surface area contributed by atoms with E-state index in [1.165, 1.54) is 17.2 Å². The maximum Gasteiger partial charge on any atom is 0.259 e. The van der Waals surface area contributed by atoms with Gasteiger partial charge < -0.3 is 0 Å². The van der Waals surface area contributed by atoms with Crippen molar-refractivity contribution in [3.05, 3.63) is 29.5 Å². The van der Waals surface area contributed by atoms with Crippen molar-refractivity contribution in [2.75, 3.05) is 6.54 Å². The Kier molecular flexibility index (Phi) is 3.24. The third-order valence-corrected chi connectivity index (χ3v) is 5.10. The molecule has 0 bridgehead atoms. The molecule has 0 aromatic carbocycles. The van der Waals surface area contributed by atoms with E-state index in [-0.39, 0.29) is 10.2 Å². The first-order valence-corrected chi connectivity index (χ1v) is 8.06. The Bertz CT molecular complexity index is 707. The lowest BCUT2D eigenvalue weighted by molar-refractivity contribution is 0.570. The molecule has 7 heteroatoms. The van der Waals surface area contributed by atoms with E-state index >= 15 is 0 Å². The Labute approximate surface area is 116 Å². The van der Waals surface area contributed by atoms with Crippen molar-refractivity contribution in [3.8, 4) is 0 Å². The van der Waals surface area contributed by atoms with Crippen molar-refractivity contribution >= 4 is 27.3 Å². The molecule has 19 heavy (non-hydrogen) atoms. The molecule has 1 fully saturated rings. The van der Waals surface area contributed by atoms with Gasteiger partial charge in [0.05, 0.1) is 0 Å². The van der Waals surface area contributed by atoms with Crippen LogP contribution in [0.25, 0.3) is 5.65 Å². The van der Waals surface area contributed by atoms with E-state index in [4.69, 9.17) is 11.6 Å². The molecule has 0 amide bonds. The van der Waals surface area contributed by atoms with E-state index in [0.717, 1.165) is 6.42 Å². The summed E-state index contributed by atoms with van der Waals surface area (Å²) in [5, 5.41) is 0.0192. The lowest BCUT2D eigenvalue weighted by Crippen LogP contribution is -2.26. The molecule has 0 atom stereocenters. The smallest absolute Gasteiger partial charge is 0.259 e. The minimum atomic E-state index is -3.62. The number of halogens is 1. The van der Waals surface area contributed by atoms with Crippen LogP contribution in [-0.2, 0) is 10.0 Å². The van der Waals surface area contributed by atoms with Gasteiger partial charge >= 0.3 is 0 Å². The van der Waals surface area contributed by atoms with Crippen molar-refractivity contribution in [1.29, 1.82) is 0 Å². The SMILES string of the molecule is O=S(=O)(NCCC1CC1)c1c(Cl)nc2ccccn12. The molecule has 102 valence electrons. The Morgan fingerprint density at radius 1 is 1.42 bits per heavy atom. The van der Waals surface area contributed by atoms with Crippen LogP contribution in [0, 0.1) is 5.92 Å². The predicted molar refractivity (Wildman–Crippen MR) is 72.7 cm³/mol. The van der Waals surface area contributed by atoms with Gasteiger partial charge in [-0.15, -0.1) is 0 Å². The van der Waals surface area contributed by atoms with Gasteiger partial charge in [0.1, 0.15) is 5.65 Å². The molecule has 1 aliphatic rings. The highest BCUT2D eigenvalue weighted by molar-refractivity contribution is 7.89. The van der Waals surface area contributed by atoms with Crippen LogP contribution >= 0.6 is 11.6 Å². The summed E-state index contributed by atoms with van der Waals surface area (Å²) in [6, 6.07) is 5.25. The molecule has 0 aliphatic heterocycles. The third kappa shape index (κ3) is 2.61. The van der Waals surface area contributed by atoms with Crippen LogP contribution < -0.4 is 4.72 Å². The van der Waals surface area contributed by atoms with E-state index < -0.39 is 10.0 Å². The summed E-state index contributed by atoms with van der Waals surface area (Å²) in [5.41, 5.74) is 0.523. The molecule has 2 heterocycles. The van der Waals surface area contributed by atoms with Crippen LogP contribution in [0.3, 0.4) is 0 Å².